The fraction of sp³-hybridized carbons (Fsp3) is 0. The van der Waals surface area contributed by atoms with E-state index >= 15 is 0 Å². The fourth-order valence-corrected chi connectivity index (χ4v) is 2.14. The highest BCUT2D eigenvalue weighted by Crippen LogP contribution is 2.24. The summed E-state index contributed by atoms with van der Waals surface area (Å²) in [5.74, 6) is -0.696. The third kappa shape index (κ3) is 2.09. The van der Waals surface area contributed by atoms with Gasteiger partial charge in [-0.1, -0.05) is 11.6 Å². The summed E-state index contributed by atoms with van der Waals surface area (Å²) in [5, 5.41) is -0.0913. The third-order valence-electron chi connectivity index (χ3n) is 1.16. The van der Waals surface area contributed by atoms with Crippen molar-refractivity contribution in [3.8, 4) is 0 Å². The van der Waals surface area contributed by atoms with Crippen LogP contribution in [0.2, 0.25) is 5.02 Å². The number of hydrogen-bond acceptors (Lipinski definition) is 2. The molecule has 0 aromatic heterocycles. The Morgan fingerprint density at radius 1 is 1.33 bits per heavy atom. The second-order valence-corrected chi connectivity index (χ2v) is 4.95. The molecule has 0 atom stereocenters. The average Bonchev–Trinajstić information content (AvgIpc) is 1.92. The van der Waals surface area contributed by atoms with Crippen LogP contribution in [-0.2, 0) is 9.05 Å². The van der Waals surface area contributed by atoms with Gasteiger partial charge in [0, 0.05) is 10.7 Å². The SMILES string of the molecule is O=S(=O)(Cl)c1cc(F)ccc1Cl. The Bertz CT molecular complexity index is 402. The van der Waals surface area contributed by atoms with Gasteiger partial charge in [-0.3, -0.25) is 0 Å². The lowest BCUT2D eigenvalue weighted by Gasteiger charge is -1.98. The first kappa shape index (κ1) is 9.77. The van der Waals surface area contributed by atoms with Crippen molar-refractivity contribution in [1.29, 1.82) is 0 Å². The minimum absolute atomic E-state index is 0.0913. The van der Waals surface area contributed by atoms with Crippen molar-refractivity contribution in [3.05, 3.63) is 29.0 Å². The highest BCUT2D eigenvalue weighted by Gasteiger charge is 2.14. The average molecular weight is 229 g/mol. The van der Waals surface area contributed by atoms with E-state index in [0.717, 1.165) is 18.2 Å². The van der Waals surface area contributed by atoms with Crippen LogP contribution in [0.5, 0.6) is 0 Å². The minimum Gasteiger partial charge on any atom is -0.207 e. The van der Waals surface area contributed by atoms with E-state index in [1.165, 1.54) is 0 Å². The summed E-state index contributed by atoms with van der Waals surface area (Å²) >= 11 is 5.45. The lowest BCUT2D eigenvalue weighted by molar-refractivity contribution is 0.602. The minimum atomic E-state index is -3.96. The maximum Gasteiger partial charge on any atom is 0.262 e. The molecule has 0 aliphatic heterocycles. The molecule has 66 valence electrons. The Hall–Kier alpha value is -0.320. The summed E-state index contributed by atoms with van der Waals surface area (Å²) in [6.07, 6.45) is 0. The molecule has 0 saturated carbocycles. The van der Waals surface area contributed by atoms with Crippen LogP contribution in [0.25, 0.3) is 0 Å². The summed E-state index contributed by atoms with van der Waals surface area (Å²) in [4.78, 5) is -0.411. The zero-order valence-electron chi connectivity index (χ0n) is 5.59. The molecule has 0 radical (unpaired) electrons. The fourth-order valence-electron chi connectivity index (χ4n) is 0.664. The van der Waals surface area contributed by atoms with E-state index in [0.29, 0.717) is 0 Å². The number of hydrogen-bond donors (Lipinski definition) is 0. The van der Waals surface area contributed by atoms with Gasteiger partial charge in [-0.05, 0) is 18.2 Å². The van der Waals surface area contributed by atoms with Crippen LogP contribution in [0.1, 0.15) is 0 Å². The zero-order valence-corrected chi connectivity index (χ0v) is 7.92. The van der Waals surface area contributed by atoms with Crippen molar-refractivity contribution in [2.24, 2.45) is 0 Å². The van der Waals surface area contributed by atoms with Gasteiger partial charge in [-0.15, -0.1) is 0 Å². The predicted molar refractivity (Wildman–Crippen MR) is 44.4 cm³/mol. The molecule has 12 heavy (non-hydrogen) atoms. The van der Waals surface area contributed by atoms with Crippen molar-refractivity contribution in [3.63, 3.8) is 0 Å². The lowest BCUT2D eigenvalue weighted by atomic mass is 10.3. The number of halogens is 3. The third-order valence-corrected chi connectivity index (χ3v) is 2.96. The van der Waals surface area contributed by atoms with Gasteiger partial charge >= 0.3 is 0 Å². The molecule has 0 fully saturated rings. The van der Waals surface area contributed by atoms with Crippen LogP contribution >= 0.6 is 22.3 Å². The Kier molecular flexibility index (Phi) is 2.61. The molecule has 1 aromatic carbocycles. The van der Waals surface area contributed by atoms with Crippen LogP contribution in [-0.4, -0.2) is 8.42 Å². The van der Waals surface area contributed by atoms with Gasteiger partial charge < -0.3 is 0 Å². The normalized spacial score (nSPS) is 11.6. The molecular formula is C6H3Cl2FO2S. The van der Waals surface area contributed by atoms with Crippen LogP contribution < -0.4 is 0 Å². The van der Waals surface area contributed by atoms with E-state index in [9.17, 15) is 12.8 Å². The van der Waals surface area contributed by atoms with Crippen LogP contribution in [0, 0.1) is 5.82 Å². The van der Waals surface area contributed by atoms with E-state index in [4.69, 9.17) is 22.3 Å². The van der Waals surface area contributed by atoms with Crippen LogP contribution in [0.3, 0.4) is 0 Å². The summed E-state index contributed by atoms with van der Waals surface area (Å²) in [5.41, 5.74) is 0. The predicted octanol–water partition coefficient (Wildman–Crippen LogP) is 2.41. The molecule has 0 bridgehead atoms. The summed E-state index contributed by atoms with van der Waals surface area (Å²) in [6.45, 7) is 0. The van der Waals surface area contributed by atoms with Gasteiger partial charge in [-0.25, -0.2) is 12.8 Å². The molecule has 0 spiro atoms. The van der Waals surface area contributed by atoms with E-state index in [1.54, 1.807) is 0 Å². The summed E-state index contributed by atoms with van der Waals surface area (Å²) in [7, 11) is 1.00. The molecule has 1 aromatic rings. The molecule has 2 nitrogen and oxygen atoms in total. The van der Waals surface area contributed by atoms with E-state index in [2.05, 4.69) is 0 Å². The zero-order chi connectivity index (χ0) is 9.35. The highest BCUT2D eigenvalue weighted by molar-refractivity contribution is 8.13. The van der Waals surface area contributed by atoms with E-state index in [1.807, 2.05) is 0 Å². The molecule has 1 rings (SSSR count). The van der Waals surface area contributed by atoms with E-state index in [-0.39, 0.29) is 5.02 Å². The second kappa shape index (κ2) is 3.20. The maximum atomic E-state index is 12.5. The van der Waals surface area contributed by atoms with Gasteiger partial charge in [0.2, 0.25) is 0 Å². The van der Waals surface area contributed by atoms with Gasteiger partial charge in [0.05, 0.1) is 5.02 Å². The van der Waals surface area contributed by atoms with E-state index < -0.39 is 19.8 Å². The van der Waals surface area contributed by atoms with Crippen molar-refractivity contribution in [2.45, 2.75) is 4.90 Å². The van der Waals surface area contributed by atoms with Crippen molar-refractivity contribution in [1.82, 2.24) is 0 Å². The molecule has 0 unspecified atom stereocenters. The first-order valence-electron chi connectivity index (χ1n) is 2.81. The lowest BCUT2D eigenvalue weighted by Crippen LogP contribution is -1.92. The Labute approximate surface area is 78.3 Å². The molecule has 0 saturated heterocycles. The monoisotopic (exact) mass is 228 g/mol. The smallest absolute Gasteiger partial charge is 0.207 e. The molecule has 0 N–H and O–H groups in total. The second-order valence-electron chi connectivity index (χ2n) is 2.01. The molecule has 0 aliphatic rings. The van der Waals surface area contributed by atoms with Crippen molar-refractivity contribution in [2.75, 3.05) is 0 Å². The first-order valence-corrected chi connectivity index (χ1v) is 5.50. The maximum absolute atomic E-state index is 12.5. The van der Waals surface area contributed by atoms with Gasteiger partial charge in [-0.2, -0.15) is 0 Å². The highest BCUT2D eigenvalue weighted by atomic mass is 35.7. The number of rotatable bonds is 1. The van der Waals surface area contributed by atoms with Crippen molar-refractivity contribution < 1.29 is 12.8 Å². The van der Waals surface area contributed by atoms with Crippen LogP contribution in [0.15, 0.2) is 23.1 Å². The topological polar surface area (TPSA) is 34.1 Å². The largest absolute Gasteiger partial charge is 0.262 e. The van der Waals surface area contributed by atoms with Gasteiger partial charge in [0.25, 0.3) is 9.05 Å². The molecule has 0 heterocycles. The van der Waals surface area contributed by atoms with Crippen LogP contribution in [0.4, 0.5) is 4.39 Å². The van der Waals surface area contributed by atoms with Gasteiger partial charge in [0.15, 0.2) is 0 Å². The van der Waals surface area contributed by atoms with Crippen molar-refractivity contribution >= 4 is 31.3 Å². The summed E-state index contributed by atoms with van der Waals surface area (Å²) in [6, 6.07) is 2.95. The standard InChI is InChI=1S/C6H3Cl2FO2S/c7-5-2-1-4(9)3-6(5)12(8,10)11/h1-3H. The summed E-state index contributed by atoms with van der Waals surface area (Å²) < 4.78 is 33.9. The Morgan fingerprint density at radius 3 is 2.33 bits per heavy atom. The Morgan fingerprint density at radius 2 is 1.92 bits per heavy atom. The molecule has 0 aliphatic carbocycles. The molecular weight excluding hydrogens is 226 g/mol. The van der Waals surface area contributed by atoms with Gasteiger partial charge in [0.1, 0.15) is 10.7 Å². The number of benzene rings is 1. The quantitative estimate of drug-likeness (QED) is 0.693. The Balaban J connectivity index is 3.43. The molecule has 0 amide bonds. The molecule has 6 heteroatoms. The first-order chi connectivity index (χ1) is 5.41.